The smallest absolute Gasteiger partial charge is 0.257 e. The second-order valence-electron chi connectivity index (χ2n) is 5.70. The van der Waals surface area contributed by atoms with Crippen LogP contribution in [0.1, 0.15) is 40.2 Å². The van der Waals surface area contributed by atoms with E-state index in [1.54, 1.807) is 24.3 Å². The molecule has 0 unspecified atom stereocenters. The molecule has 5 nitrogen and oxygen atoms in total. The van der Waals surface area contributed by atoms with E-state index in [0.717, 1.165) is 10.4 Å². The fourth-order valence-corrected chi connectivity index (χ4v) is 3.42. The molecule has 0 fully saturated rings. The standard InChI is InChI=1S/C18H19N3O2S2/c1-10(2)23-14-7-5-6-13(8-14)16(22)20-18(24)21-17-15(9-19)11(3)12(4)25-17/h5-8,10H,1-4H3,(H2,20,21,22,24). The number of thiophene rings is 1. The Bertz CT molecular complexity index is 850. The van der Waals surface area contributed by atoms with E-state index >= 15 is 0 Å². The van der Waals surface area contributed by atoms with Crippen molar-refractivity contribution in [1.82, 2.24) is 5.32 Å². The fourth-order valence-electron chi connectivity index (χ4n) is 2.14. The number of nitrogens with zero attached hydrogens (tertiary/aromatic N) is 1. The number of hydrogen-bond acceptors (Lipinski definition) is 5. The van der Waals surface area contributed by atoms with Crippen molar-refractivity contribution >= 4 is 39.6 Å². The summed E-state index contributed by atoms with van der Waals surface area (Å²) in [5, 5.41) is 15.6. The predicted octanol–water partition coefficient (Wildman–Crippen LogP) is 4.15. The molecule has 1 heterocycles. The number of amides is 1. The lowest BCUT2D eigenvalue weighted by Gasteiger charge is -2.12. The van der Waals surface area contributed by atoms with E-state index in [1.807, 2.05) is 27.7 Å². The van der Waals surface area contributed by atoms with E-state index in [0.29, 0.717) is 21.9 Å². The molecular weight excluding hydrogens is 354 g/mol. The van der Waals surface area contributed by atoms with Gasteiger partial charge in [-0.2, -0.15) is 5.26 Å². The molecule has 1 amide bonds. The number of nitrogens with one attached hydrogen (secondary N) is 2. The first-order valence-electron chi connectivity index (χ1n) is 7.71. The number of benzene rings is 1. The summed E-state index contributed by atoms with van der Waals surface area (Å²) in [6.45, 7) is 7.67. The van der Waals surface area contributed by atoms with Crippen molar-refractivity contribution in [3.63, 3.8) is 0 Å². The van der Waals surface area contributed by atoms with Crippen LogP contribution in [-0.4, -0.2) is 17.1 Å². The van der Waals surface area contributed by atoms with Crippen LogP contribution >= 0.6 is 23.6 Å². The number of aryl methyl sites for hydroxylation is 1. The Morgan fingerprint density at radius 1 is 1.36 bits per heavy atom. The maximum absolute atomic E-state index is 12.4. The molecule has 25 heavy (non-hydrogen) atoms. The monoisotopic (exact) mass is 373 g/mol. The van der Waals surface area contributed by atoms with E-state index in [2.05, 4.69) is 16.7 Å². The quantitative estimate of drug-likeness (QED) is 0.788. The molecule has 2 aromatic rings. The zero-order valence-corrected chi connectivity index (χ0v) is 16.1. The van der Waals surface area contributed by atoms with E-state index in [9.17, 15) is 10.1 Å². The van der Waals surface area contributed by atoms with E-state index in [-0.39, 0.29) is 17.1 Å². The number of anilines is 1. The Hall–Kier alpha value is -2.43. The third kappa shape index (κ3) is 4.78. The summed E-state index contributed by atoms with van der Waals surface area (Å²) in [6.07, 6.45) is 0.0239. The molecule has 0 atom stereocenters. The van der Waals surface area contributed by atoms with E-state index < -0.39 is 0 Å². The Morgan fingerprint density at radius 2 is 2.08 bits per heavy atom. The molecule has 0 radical (unpaired) electrons. The summed E-state index contributed by atoms with van der Waals surface area (Å²) in [7, 11) is 0. The highest BCUT2D eigenvalue weighted by Crippen LogP contribution is 2.31. The Labute approximate surface area is 156 Å². The Kier molecular flexibility index (Phi) is 6.12. The minimum absolute atomic E-state index is 0.0239. The van der Waals surface area contributed by atoms with Crippen LogP contribution in [0.25, 0.3) is 0 Å². The van der Waals surface area contributed by atoms with Gasteiger partial charge in [-0.25, -0.2) is 0 Å². The van der Waals surface area contributed by atoms with Gasteiger partial charge in [0.15, 0.2) is 5.11 Å². The molecule has 0 spiro atoms. The Balaban J connectivity index is 2.07. The van der Waals surface area contributed by atoms with Crippen LogP contribution < -0.4 is 15.4 Å². The van der Waals surface area contributed by atoms with Gasteiger partial charge in [-0.15, -0.1) is 11.3 Å². The van der Waals surface area contributed by atoms with Crippen molar-refractivity contribution in [2.24, 2.45) is 0 Å². The first-order valence-corrected chi connectivity index (χ1v) is 8.93. The zero-order valence-electron chi connectivity index (χ0n) is 14.5. The third-order valence-electron chi connectivity index (χ3n) is 3.42. The summed E-state index contributed by atoms with van der Waals surface area (Å²) < 4.78 is 5.59. The molecule has 2 N–H and O–H groups in total. The maximum atomic E-state index is 12.4. The van der Waals surface area contributed by atoms with Gasteiger partial charge in [0.1, 0.15) is 16.8 Å². The van der Waals surface area contributed by atoms with Gasteiger partial charge in [0.25, 0.3) is 5.91 Å². The third-order valence-corrected chi connectivity index (χ3v) is 4.75. The van der Waals surface area contributed by atoms with Crippen LogP contribution in [0.4, 0.5) is 5.00 Å². The molecule has 0 bridgehead atoms. The number of hydrogen-bond donors (Lipinski definition) is 2. The molecule has 1 aromatic carbocycles. The summed E-state index contributed by atoms with van der Waals surface area (Å²) in [5.74, 6) is 0.285. The SMILES string of the molecule is Cc1sc(NC(=S)NC(=O)c2cccc(OC(C)C)c2)c(C#N)c1C. The van der Waals surface area contributed by atoms with Gasteiger partial charge < -0.3 is 10.1 Å². The first-order chi connectivity index (χ1) is 11.8. The van der Waals surface area contributed by atoms with Gasteiger partial charge in [-0.05, 0) is 63.7 Å². The summed E-state index contributed by atoms with van der Waals surface area (Å²) in [4.78, 5) is 13.4. The topological polar surface area (TPSA) is 74.2 Å². The van der Waals surface area contributed by atoms with Gasteiger partial charge in [0.05, 0.1) is 11.7 Å². The highest BCUT2D eigenvalue weighted by atomic mass is 32.1. The minimum atomic E-state index is -0.338. The van der Waals surface area contributed by atoms with Crippen LogP contribution in [0.5, 0.6) is 5.75 Å². The second-order valence-corrected chi connectivity index (χ2v) is 7.33. The molecule has 1 aromatic heterocycles. The molecule has 0 aliphatic carbocycles. The number of thiocarbonyl (C=S) groups is 1. The molecule has 130 valence electrons. The van der Waals surface area contributed by atoms with Gasteiger partial charge in [-0.1, -0.05) is 6.07 Å². The van der Waals surface area contributed by atoms with Crippen LogP contribution in [0, 0.1) is 25.2 Å². The average Bonchev–Trinajstić information content (AvgIpc) is 2.80. The van der Waals surface area contributed by atoms with E-state index in [1.165, 1.54) is 11.3 Å². The highest BCUT2D eigenvalue weighted by Gasteiger charge is 2.15. The van der Waals surface area contributed by atoms with Crippen molar-refractivity contribution in [3.8, 4) is 11.8 Å². The summed E-state index contributed by atoms with van der Waals surface area (Å²) in [5.41, 5.74) is 1.91. The van der Waals surface area contributed by atoms with Crippen LogP contribution in [0.3, 0.4) is 0 Å². The highest BCUT2D eigenvalue weighted by molar-refractivity contribution is 7.80. The van der Waals surface area contributed by atoms with Gasteiger partial charge in [-0.3, -0.25) is 10.1 Å². The zero-order chi connectivity index (χ0) is 18.6. The van der Waals surface area contributed by atoms with Gasteiger partial charge >= 0.3 is 0 Å². The van der Waals surface area contributed by atoms with Crippen molar-refractivity contribution in [2.45, 2.75) is 33.8 Å². The molecule has 2 rings (SSSR count). The Morgan fingerprint density at radius 3 is 2.72 bits per heavy atom. The van der Waals surface area contributed by atoms with Crippen molar-refractivity contribution in [1.29, 1.82) is 5.26 Å². The molecule has 0 saturated carbocycles. The first kappa shape index (κ1) is 18.9. The molecule has 0 aliphatic heterocycles. The number of ether oxygens (including phenoxy) is 1. The fraction of sp³-hybridized carbons (Fsp3) is 0.278. The lowest BCUT2D eigenvalue weighted by molar-refractivity contribution is 0.0977. The molecule has 7 heteroatoms. The summed E-state index contributed by atoms with van der Waals surface area (Å²) >= 11 is 6.63. The predicted molar refractivity (Wildman–Crippen MR) is 104 cm³/mol. The molecule has 0 aliphatic rings. The molecule has 0 saturated heterocycles. The van der Waals surface area contributed by atoms with Crippen molar-refractivity contribution < 1.29 is 9.53 Å². The molecular formula is C18H19N3O2S2. The number of rotatable bonds is 4. The lowest BCUT2D eigenvalue weighted by atomic mass is 10.2. The number of carbonyl (C=O) groups is 1. The maximum Gasteiger partial charge on any atom is 0.257 e. The van der Waals surface area contributed by atoms with Crippen LogP contribution in [-0.2, 0) is 0 Å². The average molecular weight is 374 g/mol. The van der Waals surface area contributed by atoms with Crippen LogP contribution in [0.15, 0.2) is 24.3 Å². The number of nitriles is 1. The van der Waals surface area contributed by atoms with Crippen molar-refractivity contribution in [2.75, 3.05) is 5.32 Å². The normalized spacial score (nSPS) is 10.2. The largest absolute Gasteiger partial charge is 0.491 e. The summed E-state index contributed by atoms with van der Waals surface area (Å²) in [6, 6.07) is 9.06. The number of carbonyl (C=O) groups excluding carboxylic acids is 1. The lowest BCUT2D eigenvalue weighted by Crippen LogP contribution is -2.34. The van der Waals surface area contributed by atoms with E-state index in [4.69, 9.17) is 17.0 Å². The second kappa shape index (κ2) is 8.10. The van der Waals surface area contributed by atoms with Crippen molar-refractivity contribution in [3.05, 3.63) is 45.8 Å². The minimum Gasteiger partial charge on any atom is -0.491 e. The van der Waals surface area contributed by atoms with Crippen LogP contribution in [0.2, 0.25) is 0 Å². The van der Waals surface area contributed by atoms with Gasteiger partial charge in [0.2, 0.25) is 0 Å². The van der Waals surface area contributed by atoms with Gasteiger partial charge in [0, 0.05) is 10.4 Å².